The number of aliphatic hydroxyl groups is 1. The molecule has 0 spiro atoms. The minimum atomic E-state index is -2.89. The Hall–Kier alpha value is -2.87. The minimum Gasteiger partial charge on any atom is -0.486 e. The lowest BCUT2D eigenvalue weighted by molar-refractivity contribution is -0.534. The summed E-state index contributed by atoms with van der Waals surface area (Å²) in [5.74, 6) is 2.46. The largest absolute Gasteiger partial charge is 0.486 e. The first-order valence-electron chi connectivity index (χ1n) is 10.6. The quantitative estimate of drug-likeness (QED) is 0.748. The highest BCUT2D eigenvalue weighted by molar-refractivity contribution is 5.97. The van der Waals surface area contributed by atoms with E-state index in [1.165, 1.54) is 12.1 Å². The highest BCUT2D eigenvalue weighted by Gasteiger charge is 2.54. The summed E-state index contributed by atoms with van der Waals surface area (Å²) in [6.07, 6.45) is 4.11. The fraction of sp³-hybridized carbons (Fsp3) is 0.435. The predicted octanol–water partition coefficient (Wildman–Crippen LogP) is 3.71. The lowest BCUT2D eigenvalue weighted by atomic mass is 9.99. The Morgan fingerprint density at radius 2 is 1.77 bits per heavy atom. The third-order valence-corrected chi connectivity index (χ3v) is 6.06. The third kappa shape index (κ3) is 3.69. The first-order chi connectivity index (χ1) is 15.0. The molecule has 3 aliphatic rings. The van der Waals surface area contributed by atoms with Gasteiger partial charge in [0, 0.05) is 18.1 Å². The van der Waals surface area contributed by atoms with Gasteiger partial charge < -0.3 is 19.3 Å². The van der Waals surface area contributed by atoms with Crippen LogP contribution in [-0.4, -0.2) is 48.4 Å². The SMILES string of the molecule is O[C@@]1(c2ccc(OC(F)F)cc2)C[N+]2=C(CCCCC2)N1c1ccc2c(c1)OCCO2. The zero-order chi connectivity index (χ0) is 21.4. The van der Waals surface area contributed by atoms with Crippen LogP contribution in [0.5, 0.6) is 17.2 Å². The van der Waals surface area contributed by atoms with Crippen LogP contribution in [-0.2, 0) is 5.72 Å². The van der Waals surface area contributed by atoms with E-state index >= 15 is 0 Å². The zero-order valence-electron chi connectivity index (χ0n) is 17.1. The molecule has 0 saturated carbocycles. The van der Waals surface area contributed by atoms with Crippen molar-refractivity contribution < 1.29 is 32.7 Å². The smallest absolute Gasteiger partial charge is 0.387 e. The van der Waals surface area contributed by atoms with Gasteiger partial charge in [-0.05, 0) is 55.7 Å². The number of fused-ring (bicyclic) bond motifs is 1. The summed E-state index contributed by atoms with van der Waals surface area (Å²) >= 11 is 0. The second kappa shape index (κ2) is 8.00. The number of ether oxygens (including phenoxy) is 3. The van der Waals surface area contributed by atoms with Crippen LogP contribution < -0.4 is 19.1 Å². The van der Waals surface area contributed by atoms with E-state index in [-0.39, 0.29) is 5.75 Å². The molecule has 0 aliphatic carbocycles. The molecule has 0 unspecified atom stereocenters. The van der Waals surface area contributed by atoms with Crippen LogP contribution in [0.25, 0.3) is 0 Å². The number of alkyl halides is 2. The molecule has 31 heavy (non-hydrogen) atoms. The zero-order valence-corrected chi connectivity index (χ0v) is 17.1. The molecular formula is C23H25F2N2O4+. The maximum absolute atomic E-state index is 12.5. The van der Waals surface area contributed by atoms with E-state index in [1.54, 1.807) is 12.1 Å². The average Bonchev–Trinajstić information content (AvgIpc) is 2.89. The molecule has 2 aromatic carbocycles. The van der Waals surface area contributed by atoms with E-state index < -0.39 is 12.3 Å². The van der Waals surface area contributed by atoms with Gasteiger partial charge >= 0.3 is 6.61 Å². The number of rotatable bonds is 4. The molecule has 0 aromatic heterocycles. The van der Waals surface area contributed by atoms with Crippen molar-refractivity contribution in [2.75, 3.05) is 31.2 Å². The number of amidine groups is 1. The second-order valence-corrected chi connectivity index (χ2v) is 8.03. The van der Waals surface area contributed by atoms with Gasteiger partial charge in [-0.25, -0.2) is 0 Å². The molecule has 3 aliphatic heterocycles. The summed E-state index contributed by atoms with van der Waals surface area (Å²) in [6, 6.07) is 11.9. The highest BCUT2D eigenvalue weighted by atomic mass is 19.3. The van der Waals surface area contributed by atoms with Gasteiger partial charge in [0.15, 0.2) is 18.0 Å². The molecule has 0 radical (unpaired) electrons. The van der Waals surface area contributed by atoms with Crippen LogP contribution in [0.4, 0.5) is 14.5 Å². The Morgan fingerprint density at radius 3 is 2.55 bits per heavy atom. The number of benzene rings is 2. The van der Waals surface area contributed by atoms with E-state index in [4.69, 9.17) is 9.47 Å². The molecule has 164 valence electrons. The molecule has 1 N–H and O–H groups in total. The number of hydrogen-bond acceptors (Lipinski definition) is 5. The molecule has 0 bridgehead atoms. The maximum Gasteiger partial charge on any atom is 0.387 e. The van der Waals surface area contributed by atoms with Gasteiger partial charge in [0.2, 0.25) is 0 Å². The monoisotopic (exact) mass is 431 g/mol. The topological polar surface area (TPSA) is 54.2 Å². The van der Waals surface area contributed by atoms with Crippen molar-refractivity contribution in [2.45, 2.75) is 38.0 Å². The van der Waals surface area contributed by atoms with E-state index in [0.29, 0.717) is 36.8 Å². The van der Waals surface area contributed by atoms with Crippen molar-refractivity contribution >= 4 is 11.5 Å². The number of halogens is 2. The van der Waals surface area contributed by atoms with Crippen LogP contribution in [0.2, 0.25) is 0 Å². The van der Waals surface area contributed by atoms with Crippen molar-refractivity contribution in [1.82, 2.24) is 0 Å². The number of hydrogen-bond donors (Lipinski definition) is 1. The molecular weight excluding hydrogens is 406 g/mol. The summed E-state index contributed by atoms with van der Waals surface area (Å²) in [6.45, 7) is -0.632. The molecule has 6 nitrogen and oxygen atoms in total. The Labute approximate surface area is 179 Å². The fourth-order valence-corrected chi connectivity index (χ4v) is 4.68. The van der Waals surface area contributed by atoms with E-state index in [0.717, 1.165) is 43.8 Å². The van der Waals surface area contributed by atoms with Crippen molar-refractivity contribution in [2.24, 2.45) is 0 Å². The van der Waals surface area contributed by atoms with E-state index in [9.17, 15) is 13.9 Å². The Balaban J connectivity index is 1.56. The summed E-state index contributed by atoms with van der Waals surface area (Å²) in [5.41, 5.74) is 0.0726. The van der Waals surface area contributed by atoms with Gasteiger partial charge in [0.1, 0.15) is 24.7 Å². The Bertz CT molecular complexity index is 996. The maximum atomic E-state index is 12.5. The van der Waals surface area contributed by atoms with Crippen LogP contribution in [0.15, 0.2) is 42.5 Å². The van der Waals surface area contributed by atoms with Gasteiger partial charge in [-0.2, -0.15) is 13.7 Å². The predicted molar refractivity (Wildman–Crippen MR) is 110 cm³/mol. The first kappa shape index (κ1) is 20.1. The summed E-state index contributed by atoms with van der Waals surface area (Å²) in [7, 11) is 0. The van der Waals surface area contributed by atoms with Crippen LogP contribution in [0, 0.1) is 0 Å². The molecule has 3 heterocycles. The van der Waals surface area contributed by atoms with Crippen LogP contribution >= 0.6 is 0 Å². The second-order valence-electron chi connectivity index (χ2n) is 8.03. The standard InChI is InChI=1S/C23H25F2N2O4/c24-22(25)31-18-8-5-16(6-9-18)23(28)15-26-11-3-1-2-4-21(26)27(23)17-7-10-19-20(14-17)30-13-12-29-19/h5-10,14,22,28H,1-4,11-13,15H2/q+1/t23-/m1/s1. The number of nitrogens with zero attached hydrogens (tertiary/aromatic N) is 2. The lowest BCUT2D eigenvalue weighted by Crippen LogP contribution is -2.47. The molecule has 5 rings (SSSR count). The summed E-state index contributed by atoms with van der Waals surface area (Å²) in [4.78, 5) is 1.96. The fourth-order valence-electron chi connectivity index (χ4n) is 4.68. The van der Waals surface area contributed by atoms with Crippen molar-refractivity contribution in [1.29, 1.82) is 0 Å². The van der Waals surface area contributed by atoms with Gasteiger partial charge in [-0.1, -0.05) is 0 Å². The van der Waals surface area contributed by atoms with Gasteiger partial charge in [0.05, 0.1) is 6.54 Å². The molecule has 0 fully saturated rings. The first-order valence-corrected chi connectivity index (χ1v) is 10.6. The average molecular weight is 431 g/mol. The third-order valence-electron chi connectivity index (χ3n) is 6.06. The van der Waals surface area contributed by atoms with E-state index in [1.807, 2.05) is 23.1 Å². The van der Waals surface area contributed by atoms with Gasteiger partial charge in [-0.3, -0.25) is 4.58 Å². The molecule has 0 amide bonds. The summed E-state index contributed by atoms with van der Waals surface area (Å²) < 4.78 is 43.2. The molecule has 0 saturated heterocycles. The molecule has 2 aromatic rings. The van der Waals surface area contributed by atoms with Crippen molar-refractivity contribution in [3.8, 4) is 17.2 Å². The lowest BCUT2D eigenvalue weighted by Gasteiger charge is -2.30. The Kier molecular flexibility index (Phi) is 5.17. The molecule has 8 heteroatoms. The van der Waals surface area contributed by atoms with Crippen LogP contribution in [0.3, 0.4) is 0 Å². The number of anilines is 1. The van der Waals surface area contributed by atoms with E-state index in [2.05, 4.69) is 9.31 Å². The summed E-state index contributed by atoms with van der Waals surface area (Å²) in [5, 5.41) is 12.0. The van der Waals surface area contributed by atoms with Crippen LogP contribution in [0.1, 0.15) is 31.2 Å². The van der Waals surface area contributed by atoms with Gasteiger partial charge in [-0.15, -0.1) is 0 Å². The molecule has 1 atom stereocenters. The van der Waals surface area contributed by atoms with Crippen molar-refractivity contribution in [3.63, 3.8) is 0 Å². The van der Waals surface area contributed by atoms with Crippen molar-refractivity contribution in [3.05, 3.63) is 48.0 Å². The Morgan fingerprint density at radius 1 is 1.00 bits per heavy atom. The normalized spacial score (nSPS) is 23.0. The highest BCUT2D eigenvalue weighted by Crippen LogP contribution is 2.42. The van der Waals surface area contributed by atoms with Gasteiger partial charge in [0.25, 0.3) is 11.6 Å². The minimum absolute atomic E-state index is 0.0633.